The van der Waals surface area contributed by atoms with E-state index in [0.717, 1.165) is 17.6 Å². The van der Waals surface area contributed by atoms with Gasteiger partial charge in [0.05, 0.1) is 48.8 Å². The third-order valence-corrected chi connectivity index (χ3v) is 9.91. The van der Waals surface area contributed by atoms with E-state index in [4.69, 9.17) is 52.6 Å². The topological polar surface area (TPSA) is 143 Å². The molecule has 0 saturated carbocycles. The minimum atomic E-state index is -1.15. The van der Waals surface area contributed by atoms with E-state index >= 15 is 0 Å². The maximum absolute atomic E-state index is 11.6. The van der Waals surface area contributed by atoms with Gasteiger partial charge in [0.2, 0.25) is 23.6 Å². The number of hydrogen-bond acceptors (Lipinski definition) is 10. The number of allylic oxidation sites excluding steroid dienone is 4. The minimum Gasteiger partial charge on any atom is -0.480 e. The van der Waals surface area contributed by atoms with Gasteiger partial charge in [0, 0.05) is 63.2 Å². The van der Waals surface area contributed by atoms with Crippen molar-refractivity contribution in [2.75, 3.05) is 33.9 Å². The van der Waals surface area contributed by atoms with Crippen LogP contribution in [0.15, 0.2) is 54.9 Å². The molecule has 2 aromatic heterocycles. The standard InChI is InChI=1S/C34H38Cl2N8O4/c1-20(45)44-18-22(19-44)38-15-27-33(48-3)43-29(17-40-27)34(12-6-8-24(31(34)36)23-7-4-5-9-25(23)35)28-16-39-26(32(42-28)47-2)14-37-13-21-10-11-30(46)41-21/h4-9,12,16-17,21-22,31,37-38H,10-11,13-15,18-19H2,1-3H3,(H,41,46)/t21-,31?,34?/m0/s1. The third kappa shape index (κ3) is 6.75. The van der Waals surface area contributed by atoms with E-state index in [1.807, 2.05) is 42.5 Å². The number of nitrogens with zero attached hydrogens (tertiary/aromatic N) is 5. The summed E-state index contributed by atoms with van der Waals surface area (Å²) in [6.45, 7) is 4.26. The lowest BCUT2D eigenvalue weighted by Crippen LogP contribution is -2.59. The van der Waals surface area contributed by atoms with E-state index in [9.17, 15) is 9.59 Å². The summed E-state index contributed by atoms with van der Waals surface area (Å²) in [5.41, 5.74) is 2.65. The molecule has 3 aromatic rings. The number of halogens is 2. The highest BCUT2D eigenvalue weighted by Gasteiger charge is 2.47. The summed E-state index contributed by atoms with van der Waals surface area (Å²) in [5, 5.41) is 9.58. The number of alkyl halides is 1. The van der Waals surface area contributed by atoms with Crippen LogP contribution in [0.1, 0.15) is 48.1 Å². The molecule has 6 rings (SSSR count). The Labute approximate surface area is 289 Å². The lowest BCUT2D eigenvalue weighted by atomic mass is 9.71. The van der Waals surface area contributed by atoms with Crippen LogP contribution in [-0.4, -0.2) is 88.0 Å². The van der Waals surface area contributed by atoms with Crippen LogP contribution in [0.25, 0.3) is 5.57 Å². The highest BCUT2D eigenvalue weighted by Crippen LogP contribution is 2.48. The molecule has 0 radical (unpaired) electrons. The number of carbonyl (C=O) groups excluding carboxylic acids is 2. The van der Waals surface area contributed by atoms with Gasteiger partial charge in [-0.1, -0.05) is 48.0 Å². The Kier molecular flexibility index (Phi) is 10.3. The predicted octanol–water partition coefficient (Wildman–Crippen LogP) is 3.17. The predicted molar refractivity (Wildman–Crippen MR) is 182 cm³/mol. The number of benzene rings is 1. The van der Waals surface area contributed by atoms with Gasteiger partial charge in [0.25, 0.3) is 0 Å². The Balaban J connectivity index is 1.34. The average Bonchev–Trinajstić information content (AvgIpc) is 3.49. The molecule has 12 nitrogen and oxygen atoms in total. The molecule has 14 heteroatoms. The summed E-state index contributed by atoms with van der Waals surface area (Å²) < 4.78 is 11.5. The first-order valence-corrected chi connectivity index (χ1v) is 16.6. The summed E-state index contributed by atoms with van der Waals surface area (Å²) >= 11 is 14.2. The minimum absolute atomic E-state index is 0.0598. The number of amides is 2. The zero-order valence-electron chi connectivity index (χ0n) is 27.0. The molecule has 4 heterocycles. The maximum Gasteiger partial charge on any atom is 0.237 e. The molecule has 2 fully saturated rings. The Morgan fingerprint density at radius 3 is 2.33 bits per heavy atom. The van der Waals surface area contributed by atoms with Gasteiger partial charge in [-0.3, -0.25) is 19.6 Å². The Morgan fingerprint density at radius 2 is 1.73 bits per heavy atom. The van der Waals surface area contributed by atoms with Crippen LogP contribution in [0.4, 0.5) is 0 Å². The SMILES string of the molecule is COc1nc(C2(c3cnc(CNC4CN(C(C)=O)C4)c(OC)n3)C=CC=C(c3ccccc3Cl)C2Cl)cnc1CNC[C@@H]1CCC(=O)N1. The summed E-state index contributed by atoms with van der Waals surface area (Å²) in [6, 6.07) is 7.78. The normalized spacial score (nSPS) is 22.2. The van der Waals surface area contributed by atoms with Crippen LogP contribution >= 0.6 is 23.2 Å². The zero-order chi connectivity index (χ0) is 33.8. The van der Waals surface area contributed by atoms with E-state index in [1.54, 1.807) is 38.4 Å². The summed E-state index contributed by atoms with van der Waals surface area (Å²) in [4.78, 5) is 44.5. The second kappa shape index (κ2) is 14.6. The number of methoxy groups -OCH3 is 2. The molecule has 3 aliphatic rings. The number of rotatable bonds is 12. The smallest absolute Gasteiger partial charge is 0.237 e. The molecule has 48 heavy (non-hydrogen) atoms. The molecule has 2 saturated heterocycles. The first kappa shape index (κ1) is 33.8. The molecule has 3 N–H and O–H groups in total. The van der Waals surface area contributed by atoms with Gasteiger partial charge < -0.3 is 30.3 Å². The quantitative estimate of drug-likeness (QED) is 0.242. The van der Waals surface area contributed by atoms with Gasteiger partial charge in [-0.05, 0) is 23.6 Å². The van der Waals surface area contributed by atoms with Crippen molar-refractivity contribution in [1.82, 2.24) is 40.8 Å². The van der Waals surface area contributed by atoms with Crippen molar-refractivity contribution in [3.8, 4) is 11.8 Å². The molecule has 0 bridgehead atoms. The van der Waals surface area contributed by atoms with E-state index in [2.05, 4.69) is 16.0 Å². The highest BCUT2D eigenvalue weighted by molar-refractivity contribution is 6.34. The lowest BCUT2D eigenvalue weighted by molar-refractivity contribution is -0.133. The van der Waals surface area contributed by atoms with Crippen molar-refractivity contribution < 1.29 is 19.1 Å². The number of ether oxygens (including phenoxy) is 2. The fraction of sp³-hybridized carbons (Fsp3) is 0.412. The van der Waals surface area contributed by atoms with E-state index in [1.165, 1.54) is 0 Å². The van der Waals surface area contributed by atoms with Crippen molar-refractivity contribution in [2.45, 2.75) is 55.7 Å². The molecule has 2 unspecified atom stereocenters. The number of likely N-dealkylation sites (tertiary alicyclic amines) is 1. The molecule has 2 amide bonds. The Hall–Kier alpha value is -4.10. The maximum atomic E-state index is 11.6. The molecule has 2 aliphatic heterocycles. The number of carbonyl (C=O) groups is 2. The van der Waals surface area contributed by atoms with Crippen LogP contribution in [0.5, 0.6) is 11.8 Å². The van der Waals surface area contributed by atoms with Gasteiger partial charge in [-0.25, -0.2) is 9.97 Å². The fourth-order valence-electron chi connectivity index (χ4n) is 6.26. The van der Waals surface area contributed by atoms with Crippen LogP contribution in [0.3, 0.4) is 0 Å². The van der Waals surface area contributed by atoms with Crippen molar-refractivity contribution in [2.24, 2.45) is 0 Å². The van der Waals surface area contributed by atoms with Crippen LogP contribution < -0.4 is 25.4 Å². The van der Waals surface area contributed by atoms with Crippen molar-refractivity contribution in [1.29, 1.82) is 0 Å². The molecular formula is C34H38Cl2N8O4. The lowest BCUT2D eigenvalue weighted by Gasteiger charge is -2.39. The number of nitrogens with one attached hydrogen (secondary N) is 3. The molecule has 1 aliphatic carbocycles. The van der Waals surface area contributed by atoms with Gasteiger partial charge in [-0.15, -0.1) is 11.6 Å². The molecule has 3 atom stereocenters. The molecular weight excluding hydrogens is 655 g/mol. The summed E-state index contributed by atoms with van der Waals surface area (Å²) in [6.07, 6.45) is 10.5. The summed E-state index contributed by atoms with van der Waals surface area (Å²) in [7, 11) is 3.10. The van der Waals surface area contributed by atoms with Crippen LogP contribution in [0, 0.1) is 0 Å². The van der Waals surface area contributed by atoms with Crippen LogP contribution in [-0.2, 0) is 28.1 Å². The van der Waals surface area contributed by atoms with Gasteiger partial charge in [0.1, 0.15) is 11.4 Å². The first-order valence-electron chi connectivity index (χ1n) is 15.8. The first-order chi connectivity index (χ1) is 23.2. The van der Waals surface area contributed by atoms with E-state index in [-0.39, 0.29) is 23.9 Å². The van der Waals surface area contributed by atoms with Gasteiger partial charge >= 0.3 is 0 Å². The fourth-order valence-corrected chi connectivity index (χ4v) is 7.00. The van der Waals surface area contributed by atoms with Crippen molar-refractivity contribution in [3.63, 3.8) is 0 Å². The largest absolute Gasteiger partial charge is 0.480 e. The van der Waals surface area contributed by atoms with Crippen molar-refractivity contribution >= 4 is 40.6 Å². The number of hydrogen-bond donors (Lipinski definition) is 3. The van der Waals surface area contributed by atoms with E-state index < -0.39 is 10.8 Å². The Bertz CT molecular complexity index is 1750. The second-order valence-electron chi connectivity index (χ2n) is 12.1. The third-order valence-electron chi connectivity index (χ3n) is 9.00. The average molecular weight is 694 g/mol. The zero-order valence-corrected chi connectivity index (χ0v) is 28.5. The monoisotopic (exact) mass is 692 g/mol. The van der Waals surface area contributed by atoms with Gasteiger partial charge in [0.15, 0.2) is 0 Å². The molecule has 1 aromatic carbocycles. The molecule has 252 valence electrons. The molecule has 0 spiro atoms. The van der Waals surface area contributed by atoms with E-state index in [0.29, 0.717) is 78.7 Å². The van der Waals surface area contributed by atoms with Gasteiger partial charge in [-0.2, -0.15) is 0 Å². The summed E-state index contributed by atoms with van der Waals surface area (Å²) in [5.74, 6) is 0.804. The second-order valence-corrected chi connectivity index (χ2v) is 12.9. The number of aromatic nitrogens is 4. The van der Waals surface area contributed by atoms with Crippen LogP contribution in [0.2, 0.25) is 5.02 Å². The van der Waals surface area contributed by atoms with Crippen molar-refractivity contribution in [3.05, 3.63) is 88.2 Å². The highest BCUT2D eigenvalue weighted by atomic mass is 35.5. The Morgan fingerprint density at radius 1 is 1.06 bits per heavy atom.